The Morgan fingerprint density at radius 2 is 2.07 bits per heavy atom. The summed E-state index contributed by atoms with van der Waals surface area (Å²) in [6.07, 6.45) is 0.804. The molecule has 0 bridgehead atoms. The Labute approximate surface area is 90.4 Å². The van der Waals surface area contributed by atoms with E-state index in [1.54, 1.807) is 11.8 Å². The van der Waals surface area contributed by atoms with Crippen LogP contribution in [-0.2, 0) is 4.79 Å². The van der Waals surface area contributed by atoms with Gasteiger partial charge in [-0.1, -0.05) is 0 Å². The Bertz CT molecular complexity index is 255. The third-order valence-electron chi connectivity index (χ3n) is 2.72. The average molecular weight is 213 g/mol. The summed E-state index contributed by atoms with van der Waals surface area (Å²) in [4.78, 5) is 26.4. The van der Waals surface area contributed by atoms with Crippen LogP contribution < -0.4 is 5.32 Å². The van der Waals surface area contributed by atoms with Crippen LogP contribution in [0.1, 0.15) is 20.3 Å². The van der Waals surface area contributed by atoms with E-state index >= 15 is 0 Å². The first-order chi connectivity index (χ1) is 7.13. The molecule has 0 radical (unpaired) electrons. The Morgan fingerprint density at radius 1 is 1.40 bits per heavy atom. The predicted octanol–water partition coefficient (Wildman–Crippen LogP) is 0.269. The Morgan fingerprint density at radius 3 is 2.53 bits per heavy atom. The van der Waals surface area contributed by atoms with Gasteiger partial charge in [0.2, 0.25) is 0 Å². The number of carbonyl (C=O) groups excluding carboxylic acids is 2. The van der Waals surface area contributed by atoms with Gasteiger partial charge in [0.25, 0.3) is 5.91 Å². The van der Waals surface area contributed by atoms with Gasteiger partial charge in [-0.25, -0.2) is 4.79 Å². The predicted molar refractivity (Wildman–Crippen MR) is 57.5 cm³/mol. The lowest BCUT2D eigenvalue weighted by atomic mass is 10.3. The Balaban J connectivity index is 2.58. The summed E-state index contributed by atoms with van der Waals surface area (Å²) in [7, 11) is 1.86. The van der Waals surface area contributed by atoms with Crippen molar-refractivity contribution in [2.45, 2.75) is 26.3 Å². The molecular formula is C10H19N3O2. The summed E-state index contributed by atoms with van der Waals surface area (Å²) in [5.41, 5.74) is 0. The maximum Gasteiger partial charge on any atom is 0.327 e. The fourth-order valence-electron chi connectivity index (χ4n) is 1.80. The highest BCUT2D eigenvalue weighted by Crippen LogP contribution is 2.16. The second kappa shape index (κ2) is 5.11. The summed E-state index contributed by atoms with van der Waals surface area (Å²) >= 11 is 0. The molecule has 5 heteroatoms. The molecule has 15 heavy (non-hydrogen) atoms. The highest BCUT2D eigenvalue weighted by molar-refractivity contribution is 6.03. The number of amides is 3. The average Bonchev–Trinajstić information content (AvgIpc) is 2.42. The molecule has 0 aliphatic carbocycles. The first kappa shape index (κ1) is 12.0. The van der Waals surface area contributed by atoms with Crippen LogP contribution in [0.4, 0.5) is 4.79 Å². The molecular weight excluding hydrogens is 194 g/mol. The molecule has 1 N–H and O–H groups in total. The third-order valence-corrected chi connectivity index (χ3v) is 2.72. The van der Waals surface area contributed by atoms with Crippen LogP contribution in [0.3, 0.4) is 0 Å². The van der Waals surface area contributed by atoms with Crippen molar-refractivity contribution in [1.82, 2.24) is 15.1 Å². The highest BCUT2D eigenvalue weighted by atomic mass is 16.2. The Hall–Kier alpha value is -1.10. The van der Waals surface area contributed by atoms with Gasteiger partial charge in [0.05, 0.1) is 0 Å². The van der Waals surface area contributed by atoms with E-state index < -0.39 is 0 Å². The minimum atomic E-state index is -0.294. The molecule has 1 aliphatic rings. The van der Waals surface area contributed by atoms with Crippen molar-refractivity contribution in [3.8, 4) is 0 Å². The number of carbonyl (C=O) groups is 2. The van der Waals surface area contributed by atoms with Crippen LogP contribution in [0, 0.1) is 0 Å². The van der Waals surface area contributed by atoms with Gasteiger partial charge in [0.15, 0.2) is 0 Å². The van der Waals surface area contributed by atoms with Crippen molar-refractivity contribution in [3.05, 3.63) is 0 Å². The number of urea groups is 1. The van der Waals surface area contributed by atoms with Gasteiger partial charge in [0, 0.05) is 13.1 Å². The van der Waals surface area contributed by atoms with Crippen LogP contribution in [-0.4, -0.2) is 54.5 Å². The molecule has 1 unspecified atom stereocenters. The van der Waals surface area contributed by atoms with Crippen LogP contribution in [0.25, 0.3) is 0 Å². The number of nitrogens with zero attached hydrogens (tertiary/aromatic N) is 2. The zero-order chi connectivity index (χ0) is 11.4. The molecule has 1 saturated heterocycles. The molecule has 1 heterocycles. The molecule has 1 aliphatic heterocycles. The number of hydrogen-bond acceptors (Lipinski definition) is 3. The molecule has 0 aromatic heterocycles. The summed E-state index contributed by atoms with van der Waals surface area (Å²) < 4.78 is 0. The fourth-order valence-corrected chi connectivity index (χ4v) is 1.80. The standard InChI is InChI=1S/C10H19N3O2/c1-4-12-8(2)9(14)13(10(12)15)7-5-6-11-3/h8,11H,4-7H2,1-3H3. The van der Waals surface area contributed by atoms with E-state index in [1.807, 2.05) is 14.0 Å². The molecule has 0 saturated carbocycles. The molecule has 1 atom stereocenters. The molecule has 1 fully saturated rings. The first-order valence-corrected chi connectivity index (χ1v) is 5.40. The monoisotopic (exact) mass is 213 g/mol. The molecule has 0 aromatic carbocycles. The van der Waals surface area contributed by atoms with Gasteiger partial charge >= 0.3 is 6.03 Å². The number of imide groups is 1. The minimum Gasteiger partial charge on any atom is -0.320 e. The van der Waals surface area contributed by atoms with Gasteiger partial charge in [0.1, 0.15) is 6.04 Å². The van der Waals surface area contributed by atoms with Crippen LogP contribution in [0.15, 0.2) is 0 Å². The number of rotatable bonds is 5. The third kappa shape index (κ3) is 2.28. The van der Waals surface area contributed by atoms with Gasteiger partial charge in [-0.15, -0.1) is 0 Å². The summed E-state index contributed by atoms with van der Waals surface area (Å²) in [5.74, 6) is -0.0713. The summed E-state index contributed by atoms with van der Waals surface area (Å²) in [6.45, 7) is 5.59. The topological polar surface area (TPSA) is 52.7 Å². The van der Waals surface area contributed by atoms with Crippen LogP contribution in [0.2, 0.25) is 0 Å². The quantitative estimate of drug-likeness (QED) is 0.527. The zero-order valence-corrected chi connectivity index (χ0v) is 9.62. The van der Waals surface area contributed by atoms with Crippen molar-refractivity contribution < 1.29 is 9.59 Å². The summed E-state index contributed by atoms with van der Waals surface area (Å²) in [6, 6.07) is -0.441. The largest absolute Gasteiger partial charge is 0.327 e. The Kier molecular flexibility index (Phi) is 4.08. The molecule has 5 nitrogen and oxygen atoms in total. The second-order valence-electron chi connectivity index (χ2n) is 3.69. The molecule has 1 rings (SSSR count). The van der Waals surface area contributed by atoms with E-state index in [9.17, 15) is 9.59 Å². The van der Waals surface area contributed by atoms with Gasteiger partial charge < -0.3 is 10.2 Å². The van der Waals surface area contributed by atoms with E-state index in [2.05, 4.69) is 5.32 Å². The first-order valence-electron chi connectivity index (χ1n) is 5.40. The van der Waals surface area contributed by atoms with Crippen molar-refractivity contribution >= 4 is 11.9 Å². The van der Waals surface area contributed by atoms with E-state index in [4.69, 9.17) is 0 Å². The maximum atomic E-state index is 11.8. The molecule has 0 spiro atoms. The van der Waals surface area contributed by atoms with E-state index in [1.165, 1.54) is 4.90 Å². The minimum absolute atomic E-state index is 0.0713. The van der Waals surface area contributed by atoms with Crippen molar-refractivity contribution in [2.24, 2.45) is 0 Å². The van der Waals surface area contributed by atoms with Crippen LogP contribution in [0.5, 0.6) is 0 Å². The summed E-state index contributed by atoms with van der Waals surface area (Å²) in [5, 5.41) is 2.99. The number of nitrogens with one attached hydrogen (secondary N) is 1. The smallest absolute Gasteiger partial charge is 0.320 e. The van der Waals surface area contributed by atoms with E-state index in [0.29, 0.717) is 13.1 Å². The lowest BCUT2D eigenvalue weighted by molar-refractivity contribution is -0.127. The SMILES string of the molecule is CCN1C(=O)N(CCCNC)C(=O)C1C. The van der Waals surface area contributed by atoms with E-state index in [-0.39, 0.29) is 18.0 Å². The highest BCUT2D eigenvalue weighted by Gasteiger charge is 2.40. The van der Waals surface area contributed by atoms with Gasteiger partial charge in [-0.2, -0.15) is 0 Å². The van der Waals surface area contributed by atoms with Gasteiger partial charge in [-0.3, -0.25) is 9.69 Å². The van der Waals surface area contributed by atoms with Crippen molar-refractivity contribution in [2.75, 3.05) is 26.7 Å². The van der Waals surface area contributed by atoms with Crippen molar-refractivity contribution in [3.63, 3.8) is 0 Å². The zero-order valence-electron chi connectivity index (χ0n) is 9.62. The van der Waals surface area contributed by atoms with E-state index in [0.717, 1.165) is 13.0 Å². The number of likely N-dealkylation sites (N-methyl/N-ethyl adjacent to an activating group) is 1. The lowest BCUT2D eigenvalue weighted by Gasteiger charge is -2.16. The van der Waals surface area contributed by atoms with Crippen molar-refractivity contribution in [1.29, 1.82) is 0 Å². The lowest BCUT2D eigenvalue weighted by Crippen LogP contribution is -2.34. The van der Waals surface area contributed by atoms with Gasteiger partial charge in [-0.05, 0) is 33.9 Å². The fraction of sp³-hybridized carbons (Fsp3) is 0.800. The maximum absolute atomic E-state index is 11.8. The number of hydrogen-bond donors (Lipinski definition) is 1. The second-order valence-corrected chi connectivity index (χ2v) is 3.69. The molecule has 86 valence electrons. The molecule has 3 amide bonds. The molecule has 0 aromatic rings. The van der Waals surface area contributed by atoms with Crippen LogP contribution >= 0.6 is 0 Å². The normalized spacial score (nSPS) is 21.7.